The Morgan fingerprint density at radius 2 is 1.88 bits per heavy atom. The molecule has 1 saturated heterocycles. The van der Waals surface area contributed by atoms with Gasteiger partial charge in [0.05, 0.1) is 17.6 Å². The molecule has 134 valence electrons. The Morgan fingerprint density at radius 1 is 1.15 bits per heavy atom. The van der Waals surface area contributed by atoms with E-state index in [9.17, 15) is 9.18 Å². The van der Waals surface area contributed by atoms with Crippen molar-refractivity contribution in [3.05, 3.63) is 60.2 Å². The normalized spacial score (nSPS) is 16.0. The third-order valence-corrected chi connectivity index (χ3v) is 4.88. The summed E-state index contributed by atoms with van der Waals surface area (Å²) in [6.45, 7) is 2.48. The predicted molar refractivity (Wildman–Crippen MR) is 99.1 cm³/mol. The van der Waals surface area contributed by atoms with E-state index >= 15 is 0 Å². The Balaban J connectivity index is 1.30. The Kier molecular flexibility index (Phi) is 4.67. The maximum atomic E-state index is 12.9. The van der Waals surface area contributed by atoms with Crippen molar-refractivity contribution in [2.75, 3.05) is 18.4 Å². The number of aromatic nitrogens is 2. The zero-order valence-corrected chi connectivity index (χ0v) is 14.4. The first-order valence-electron chi connectivity index (χ1n) is 8.90. The van der Waals surface area contributed by atoms with Gasteiger partial charge in [-0.3, -0.25) is 9.69 Å². The molecule has 2 N–H and O–H groups in total. The van der Waals surface area contributed by atoms with Crippen LogP contribution >= 0.6 is 0 Å². The Hall–Kier alpha value is -2.73. The van der Waals surface area contributed by atoms with Crippen molar-refractivity contribution in [1.82, 2.24) is 14.9 Å². The summed E-state index contributed by atoms with van der Waals surface area (Å²) in [6.07, 6.45) is 1.63. The van der Waals surface area contributed by atoms with Crippen molar-refractivity contribution in [2.24, 2.45) is 5.92 Å². The number of amides is 1. The lowest BCUT2D eigenvalue weighted by atomic mass is 9.96. The van der Waals surface area contributed by atoms with Crippen molar-refractivity contribution in [3.63, 3.8) is 0 Å². The smallest absolute Gasteiger partial charge is 0.227 e. The van der Waals surface area contributed by atoms with Crippen molar-refractivity contribution >= 4 is 22.6 Å². The first-order valence-corrected chi connectivity index (χ1v) is 8.90. The van der Waals surface area contributed by atoms with E-state index in [1.807, 2.05) is 24.3 Å². The van der Waals surface area contributed by atoms with Crippen LogP contribution in [0, 0.1) is 11.7 Å². The van der Waals surface area contributed by atoms with Crippen molar-refractivity contribution in [1.29, 1.82) is 0 Å². The van der Waals surface area contributed by atoms with Crippen LogP contribution in [-0.4, -0.2) is 33.9 Å². The lowest BCUT2D eigenvalue weighted by Crippen LogP contribution is -2.38. The number of piperidine rings is 1. The minimum Gasteiger partial charge on any atom is -0.341 e. The fourth-order valence-electron chi connectivity index (χ4n) is 3.42. The second-order valence-electron chi connectivity index (χ2n) is 6.75. The van der Waals surface area contributed by atoms with Gasteiger partial charge >= 0.3 is 0 Å². The number of H-pyrrole nitrogens is 1. The number of nitrogens with one attached hydrogen (secondary N) is 2. The van der Waals surface area contributed by atoms with E-state index < -0.39 is 0 Å². The molecule has 2 heterocycles. The second kappa shape index (κ2) is 7.25. The highest BCUT2D eigenvalue weighted by Gasteiger charge is 2.25. The molecule has 6 heteroatoms. The molecule has 4 rings (SSSR count). The van der Waals surface area contributed by atoms with Gasteiger partial charge in [0.2, 0.25) is 5.91 Å². The first kappa shape index (κ1) is 16.7. The number of imidazole rings is 1. The molecule has 26 heavy (non-hydrogen) atoms. The minimum absolute atomic E-state index is 0.00743. The van der Waals surface area contributed by atoms with E-state index in [4.69, 9.17) is 0 Å². The summed E-state index contributed by atoms with van der Waals surface area (Å²) >= 11 is 0. The van der Waals surface area contributed by atoms with Gasteiger partial charge in [0.15, 0.2) is 0 Å². The molecule has 1 fully saturated rings. The third-order valence-electron chi connectivity index (χ3n) is 4.88. The van der Waals surface area contributed by atoms with Crippen LogP contribution in [0.3, 0.4) is 0 Å². The van der Waals surface area contributed by atoms with Gasteiger partial charge in [-0.25, -0.2) is 9.37 Å². The quantitative estimate of drug-likeness (QED) is 0.755. The molecule has 0 atom stereocenters. The molecule has 0 unspecified atom stereocenters. The lowest BCUT2D eigenvalue weighted by Gasteiger charge is -2.30. The number of para-hydroxylation sites is 2. The summed E-state index contributed by atoms with van der Waals surface area (Å²) in [5.41, 5.74) is 2.67. The molecule has 2 aromatic carbocycles. The molecule has 0 saturated carbocycles. The van der Waals surface area contributed by atoms with Gasteiger partial charge in [0.1, 0.15) is 11.6 Å². The Bertz CT molecular complexity index is 865. The fraction of sp³-hybridized carbons (Fsp3) is 0.300. The van der Waals surface area contributed by atoms with Crippen LogP contribution in [-0.2, 0) is 11.3 Å². The molecule has 0 bridgehead atoms. The molecule has 0 aliphatic carbocycles. The van der Waals surface area contributed by atoms with E-state index in [1.54, 1.807) is 12.1 Å². The van der Waals surface area contributed by atoms with E-state index in [1.165, 1.54) is 12.1 Å². The zero-order chi connectivity index (χ0) is 17.9. The number of nitrogens with zero attached hydrogens (tertiary/aromatic N) is 2. The monoisotopic (exact) mass is 352 g/mol. The summed E-state index contributed by atoms with van der Waals surface area (Å²) in [7, 11) is 0. The maximum absolute atomic E-state index is 12.9. The van der Waals surface area contributed by atoms with E-state index in [-0.39, 0.29) is 17.6 Å². The molecule has 3 aromatic rings. The lowest BCUT2D eigenvalue weighted by molar-refractivity contribution is -0.121. The fourth-order valence-corrected chi connectivity index (χ4v) is 3.42. The highest BCUT2D eigenvalue weighted by atomic mass is 19.1. The minimum atomic E-state index is -0.304. The summed E-state index contributed by atoms with van der Waals surface area (Å²) in [4.78, 5) is 22.7. The van der Waals surface area contributed by atoms with Crippen LogP contribution in [0.15, 0.2) is 48.5 Å². The number of carbonyl (C=O) groups is 1. The summed E-state index contributed by atoms with van der Waals surface area (Å²) in [5, 5.41) is 2.88. The van der Waals surface area contributed by atoms with Crippen LogP contribution in [0.4, 0.5) is 10.1 Å². The second-order valence-corrected chi connectivity index (χ2v) is 6.75. The molecule has 1 aliphatic rings. The molecule has 5 nitrogen and oxygen atoms in total. The van der Waals surface area contributed by atoms with Gasteiger partial charge in [-0.1, -0.05) is 12.1 Å². The van der Waals surface area contributed by atoms with E-state index in [2.05, 4.69) is 20.2 Å². The van der Waals surface area contributed by atoms with Crippen molar-refractivity contribution in [2.45, 2.75) is 19.4 Å². The van der Waals surface area contributed by atoms with E-state index in [0.717, 1.165) is 49.3 Å². The number of aromatic amines is 1. The number of halogens is 1. The number of benzene rings is 2. The predicted octanol–water partition coefficient (Wildman–Crippen LogP) is 3.55. The van der Waals surface area contributed by atoms with Crippen molar-refractivity contribution in [3.8, 4) is 0 Å². The van der Waals surface area contributed by atoms with Gasteiger partial charge in [-0.05, 0) is 62.3 Å². The van der Waals surface area contributed by atoms with Gasteiger partial charge in [0, 0.05) is 11.6 Å². The molecular weight excluding hydrogens is 331 g/mol. The van der Waals surface area contributed by atoms with Crippen LogP contribution < -0.4 is 5.32 Å². The number of anilines is 1. The number of fused-ring (bicyclic) bond motifs is 1. The average Bonchev–Trinajstić information content (AvgIpc) is 3.06. The molecule has 0 radical (unpaired) electrons. The molecular formula is C20H21FN4O. The summed E-state index contributed by atoms with van der Waals surface area (Å²) in [6, 6.07) is 13.9. The van der Waals surface area contributed by atoms with Crippen molar-refractivity contribution < 1.29 is 9.18 Å². The highest BCUT2D eigenvalue weighted by molar-refractivity contribution is 5.92. The molecule has 1 aliphatic heterocycles. The summed E-state index contributed by atoms with van der Waals surface area (Å²) < 4.78 is 12.9. The van der Waals surface area contributed by atoms with Gasteiger partial charge in [-0.2, -0.15) is 0 Å². The number of hydrogen-bond donors (Lipinski definition) is 2. The molecule has 1 aromatic heterocycles. The number of rotatable bonds is 4. The van der Waals surface area contributed by atoms with Crippen LogP contribution in [0.25, 0.3) is 11.0 Å². The van der Waals surface area contributed by atoms with Gasteiger partial charge in [0.25, 0.3) is 0 Å². The van der Waals surface area contributed by atoms with E-state index in [0.29, 0.717) is 5.69 Å². The largest absolute Gasteiger partial charge is 0.341 e. The number of likely N-dealkylation sites (tertiary alicyclic amines) is 1. The molecule has 0 spiro atoms. The maximum Gasteiger partial charge on any atom is 0.227 e. The standard InChI is InChI=1S/C20H21FN4O/c21-15-5-7-16(8-6-15)22-20(26)14-9-11-25(12-10-14)13-19-23-17-3-1-2-4-18(17)24-19/h1-8,14H,9-13H2,(H,22,26)(H,23,24). The SMILES string of the molecule is O=C(Nc1ccc(F)cc1)C1CCN(Cc2nc3ccccc3[nH]2)CC1. The Labute approximate surface area is 151 Å². The third kappa shape index (κ3) is 3.75. The van der Waals surface area contributed by atoms with Crippen LogP contribution in [0.1, 0.15) is 18.7 Å². The first-order chi connectivity index (χ1) is 12.7. The molecule has 1 amide bonds. The highest BCUT2D eigenvalue weighted by Crippen LogP contribution is 2.21. The van der Waals surface area contributed by atoms with Crippen LogP contribution in [0.5, 0.6) is 0 Å². The Morgan fingerprint density at radius 3 is 2.62 bits per heavy atom. The topological polar surface area (TPSA) is 61.0 Å². The number of carbonyl (C=O) groups excluding carboxylic acids is 1. The number of hydrogen-bond acceptors (Lipinski definition) is 3. The zero-order valence-electron chi connectivity index (χ0n) is 14.4. The van der Waals surface area contributed by atoms with Gasteiger partial charge in [-0.15, -0.1) is 0 Å². The van der Waals surface area contributed by atoms with Crippen LogP contribution in [0.2, 0.25) is 0 Å². The average molecular weight is 352 g/mol. The van der Waals surface area contributed by atoms with Gasteiger partial charge < -0.3 is 10.3 Å². The summed E-state index contributed by atoms with van der Waals surface area (Å²) in [5.74, 6) is 0.661.